The molecule has 2 atom stereocenters. The minimum Gasteiger partial charge on any atom is -0.479 e. The standard InChI is InChI=1S/C23H23FN2O5/c24-19-11-14(10-18-17(19)4-5-20(18)27)26-8-7-21(23(26)28)30-15-3-6-22(25-12-15)31-16-2-1-9-29-13-16/h3,6,10-12,16,21H,1-2,4-5,7-9,13H2/t16?,21-/m1/s1. The number of aromatic nitrogens is 1. The molecule has 2 saturated heterocycles. The lowest BCUT2D eigenvalue weighted by atomic mass is 10.1. The molecule has 2 aliphatic heterocycles. The van der Waals surface area contributed by atoms with Gasteiger partial charge in [-0.15, -0.1) is 0 Å². The number of hydrogen-bond acceptors (Lipinski definition) is 6. The van der Waals surface area contributed by atoms with Crippen LogP contribution in [0.4, 0.5) is 10.1 Å². The first-order valence-corrected chi connectivity index (χ1v) is 10.6. The van der Waals surface area contributed by atoms with Gasteiger partial charge in [0.15, 0.2) is 11.9 Å². The lowest BCUT2D eigenvalue weighted by molar-refractivity contribution is -0.122. The van der Waals surface area contributed by atoms with Gasteiger partial charge in [0, 0.05) is 43.3 Å². The fraction of sp³-hybridized carbons (Fsp3) is 0.435. The Balaban J connectivity index is 1.24. The van der Waals surface area contributed by atoms with Gasteiger partial charge in [0.05, 0.1) is 12.8 Å². The minimum absolute atomic E-state index is 0.00224. The maximum Gasteiger partial charge on any atom is 0.268 e. The lowest BCUT2D eigenvalue weighted by Crippen LogP contribution is -2.32. The summed E-state index contributed by atoms with van der Waals surface area (Å²) in [7, 11) is 0. The predicted molar refractivity (Wildman–Crippen MR) is 109 cm³/mol. The van der Waals surface area contributed by atoms with E-state index in [0.717, 1.165) is 19.4 Å². The van der Waals surface area contributed by atoms with Crippen LogP contribution < -0.4 is 14.4 Å². The summed E-state index contributed by atoms with van der Waals surface area (Å²) in [6.07, 6.45) is 3.93. The zero-order valence-corrected chi connectivity index (χ0v) is 17.0. The molecule has 7 nitrogen and oxygen atoms in total. The maximum absolute atomic E-state index is 14.4. The Morgan fingerprint density at radius 3 is 2.81 bits per heavy atom. The number of pyridine rings is 1. The minimum atomic E-state index is -0.688. The Bertz CT molecular complexity index is 1000. The van der Waals surface area contributed by atoms with Crippen molar-refractivity contribution in [3.63, 3.8) is 0 Å². The zero-order chi connectivity index (χ0) is 21.4. The van der Waals surface area contributed by atoms with Crippen LogP contribution in [0.3, 0.4) is 0 Å². The molecule has 1 aromatic carbocycles. The van der Waals surface area contributed by atoms with E-state index in [9.17, 15) is 14.0 Å². The van der Waals surface area contributed by atoms with E-state index < -0.39 is 11.9 Å². The summed E-state index contributed by atoms with van der Waals surface area (Å²) in [5.74, 6) is 0.176. The Morgan fingerprint density at radius 2 is 2.03 bits per heavy atom. The molecule has 162 valence electrons. The van der Waals surface area contributed by atoms with Crippen molar-refractivity contribution >= 4 is 17.4 Å². The number of anilines is 1. The number of amides is 1. The maximum atomic E-state index is 14.4. The second-order valence-corrected chi connectivity index (χ2v) is 8.05. The highest BCUT2D eigenvalue weighted by Gasteiger charge is 2.36. The largest absolute Gasteiger partial charge is 0.479 e. The fourth-order valence-corrected chi connectivity index (χ4v) is 4.32. The van der Waals surface area contributed by atoms with Gasteiger partial charge in [-0.1, -0.05) is 0 Å². The van der Waals surface area contributed by atoms with Crippen LogP contribution in [0.5, 0.6) is 11.6 Å². The molecule has 0 spiro atoms. The molecule has 2 fully saturated rings. The van der Waals surface area contributed by atoms with Crippen LogP contribution in [0.15, 0.2) is 30.5 Å². The van der Waals surface area contributed by atoms with E-state index in [-0.39, 0.29) is 17.8 Å². The molecule has 1 aromatic heterocycles. The molecule has 1 aliphatic carbocycles. The molecule has 2 aromatic rings. The van der Waals surface area contributed by atoms with Crippen LogP contribution in [0.1, 0.15) is 41.6 Å². The normalized spacial score (nSPS) is 23.2. The molecular weight excluding hydrogens is 403 g/mol. The summed E-state index contributed by atoms with van der Waals surface area (Å²) in [5.41, 5.74) is 1.23. The topological polar surface area (TPSA) is 78.0 Å². The zero-order valence-electron chi connectivity index (χ0n) is 17.0. The number of benzene rings is 1. The number of ether oxygens (including phenoxy) is 3. The molecule has 0 saturated carbocycles. The van der Waals surface area contributed by atoms with E-state index in [1.165, 1.54) is 17.2 Å². The van der Waals surface area contributed by atoms with Crippen molar-refractivity contribution < 1.29 is 28.2 Å². The van der Waals surface area contributed by atoms with Crippen molar-refractivity contribution in [1.82, 2.24) is 4.98 Å². The van der Waals surface area contributed by atoms with Crippen LogP contribution in [0.2, 0.25) is 0 Å². The number of hydrogen-bond donors (Lipinski definition) is 0. The molecule has 0 radical (unpaired) electrons. The highest BCUT2D eigenvalue weighted by atomic mass is 19.1. The van der Waals surface area contributed by atoms with Crippen molar-refractivity contribution in [2.45, 2.75) is 44.3 Å². The number of carbonyl (C=O) groups is 2. The van der Waals surface area contributed by atoms with E-state index in [0.29, 0.717) is 60.9 Å². The van der Waals surface area contributed by atoms with E-state index in [4.69, 9.17) is 14.2 Å². The number of rotatable bonds is 5. The van der Waals surface area contributed by atoms with E-state index in [1.807, 2.05) is 0 Å². The second kappa shape index (κ2) is 8.26. The fourth-order valence-electron chi connectivity index (χ4n) is 4.32. The molecule has 1 amide bonds. The van der Waals surface area contributed by atoms with Crippen LogP contribution in [-0.4, -0.2) is 48.6 Å². The average molecular weight is 426 g/mol. The average Bonchev–Trinajstić information content (AvgIpc) is 3.33. The van der Waals surface area contributed by atoms with Crippen molar-refractivity contribution in [1.29, 1.82) is 0 Å². The Morgan fingerprint density at radius 1 is 1.13 bits per heavy atom. The van der Waals surface area contributed by atoms with Gasteiger partial charge in [-0.05, 0) is 43.0 Å². The number of ketones is 1. The lowest BCUT2D eigenvalue weighted by Gasteiger charge is -2.22. The molecule has 0 N–H and O–H groups in total. The Kier molecular flexibility index (Phi) is 5.31. The van der Waals surface area contributed by atoms with E-state index in [2.05, 4.69) is 4.98 Å². The highest BCUT2D eigenvalue weighted by Crippen LogP contribution is 2.32. The molecule has 0 bridgehead atoms. The third kappa shape index (κ3) is 3.99. The summed E-state index contributed by atoms with van der Waals surface area (Å²) in [6.45, 7) is 1.72. The number of Topliss-reactive ketones (excluding diaryl/α,β-unsaturated/α-hetero) is 1. The molecule has 3 aliphatic rings. The molecule has 5 rings (SSSR count). The molecule has 8 heteroatoms. The third-order valence-corrected chi connectivity index (χ3v) is 5.94. The number of nitrogens with zero attached hydrogens (tertiary/aromatic N) is 2. The van der Waals surface area contributed by atoms with Crippen LogP contribution in [-0.2, 0) is 16.0 Å². The summed E-state index contributed by atoms with van der Waals surface area (Å²) in [5, 5.41) is 0. The van der Waals surface area contributed by atoms with Crippen molar-refractivity contribution in [2.24, 2.45) is 0 Å². The predicted octanol–water partition coefficient (Wildman–Crippen LogP) is 3.09. The molecular formula is C23H23FN2O5. The molecule has 31 heavy (non-hydrogen) atoms. The van der Waals surface area contributed by atoms with Gasteiger partial charge in [-0.3, -0.25) is 9.59 Å². The van der Waals surface area contributed by atoms with Crippen molar-refractivity contribution in [3.8, 4) is 11.6 Å². The quantitative estimate of drug-likeness (QED) is 0.731. The van der Waals surface area contributed by atoms with Gasteiger partial charge in [0.2, 0.25) is 5.88 Å². The first-order chi connectivity index (χ1) is 15.1. The molecule has 3 heterocycles. The second-order valence-electron chi connectivity index (χ2n) is 8.05. The smallest absolute Gasteiger partial charge is 0.268 e. The summed E-state index contributed by atoms with van der Waals surface area (Å²) < 4.78 is 31.4. The van der Waals surface area contributed by atoms with E-state index in [1.54, 1.807) is 18.2 Å². The monoisotopic (exact) mass is 426 g/mol. The van der Waals surface area contributed by atoms with Crippen molar-refractivity contribution in [3.05, 3.63) is 47.4 Å². The van der Waals surface area contributed by atoms with Crippen LogP contribution >= 0.6 is 0 Å². The van der Waals surface area contributed by atoms with Gasteiger partial charge in [0.25, 0.3) is 5.91 Å². The van der Waals surface area contributed by atoms with Gasteiger partial charge in [-0.2, -0.15) is 0 Å². The number of carbonyl (C=O) groups excluding carboxylic acids is 2. The first-order valence-electron chi connectivity index (χ1n) is 10.6. The summed E-state index contributed by atoms with van der Waals surface area (Å²) in [4.78, 5) is 30.6. The Labute approximate surface area is 179 Å². The summed E-state index contributed by atoms with van der Waals surface area (Å²) in [6, 6.07) is 6.38. The Hall–Kier alpha value is -3.00. The van der Waals surface area contributed by atoms with Crippen LogP contribution in [0, 0.1) is 5.82 Å². The highest BCUT2D eigenvalue weighted by molar-refractivity contribution is 6.04. The van der Waals surface area contributed by atoms with Gasteiger partial charge >= 0.3 is 0 Å². The number of halogens is 1. The van der Waals surface area contributed by atoms with Gasteiger partial charge in [-0.25, -0.2) is 9.37 Å². The molecule has 1 unspecified atom stereocenters. The van der Waals surface area contributed by atoms with Crippen LogP contribution in [0.25, 0.3) is 0 Å². The van der Waals surface area contributed by atoms with Crippen molar-refractivity contribution in [2.75, 3.05) is 24.7 Å². The third-order valence-electron chi connectivity index (χ3n) is 5.94. The number of fused-ring (bicyclic) bond motifs is 1. The van der Waals surface area contributed by atoms with E-state index >= 15 is 0 Å². The SMILES string of the molecule is O=C1CCc2c(F)cc(N3CC[C@@H](Oc4ccc(OC5CCCOC5)nc4)C3=O)cc21. The summed E-state index contributed by atoms with van der Waals surface area (Å²) >= 11 is 0. The van der Waals surface area contributed by atoms with Gasteiger partial charge < -0.3 is 19.1 Å². The van der Waals surface area contributed by atoms with Gasteiger partial charge in [0.1, 0.15) is 17.7 Å². The first kappa shape index (κ1) is 19.9.